The molecule has 0 saturated heterocycles. The Balaban J connectivity index is 1.68. The fourth-order valence-corrected chi connectivity index (χ4v) is 3.91. The van der Waals surface area contributed by atoms with Gasteiger partial charge in [-0.3, -0.25) is 9.78 Å². The number of hydrogen-bond donors (Lipinski definition) is 1. The van der Waals surface area contributed by atoms with Gasteiger partial charge in [0.2, 0.25) is 15.7 Å². The van der Waals surface area contributed by atoms with Crippen molar-refractivity contribution >= 4 is 27.5 Å². The number of nitrogens with one attached hydrogen (secondary N) is 1. The summed E-state index contributed by atoms with van der Waals surface area (Å²) < 4.78 is 31.2. The van der Waals surface area contributed by atoms with Crippen LogP contribution in [0.1, 0.15) is 19.4 Å². The third-order valence-corrected chi connectivity index (χ3v) is 5.84. The van der Waals surface area contributed by atoms with Crippen molar-refractivity contribution in [1.29, 1.82) is 0 Å². The van der Waals surface area contributed by atoms with Gasteiger partial charge in [-0.25, -0.2) is 8.42 Å². The molecule has 1 amide bonds. The van der Waals surface area contributed by atoms with Crippen LogP contribution in [0.5, 0.6) is 5.75 Å². The SMILES string of the molecule is CC(C)Oc1ccc(S(=O)(=O)c2ccc(NC(=O)/C=C/c3cccnc3)cc2)cc1. The van der Waals surface area contributed by atoms with Crippen molar-refractivity contribution in [2.75, 3.05) is 5.32 Å². The highest BCUT2D eigenvalue weighted by Crippen LogP contribution is 2.24. The molecule has 0 aliphatic rings. The fourth-order valence-electron chi connectivity index (χ4n) is 2.65. The second kappa shape index (κ2) is 9.37. The number of aromatic nitrogens is 1. The van der Waals surface area contributed by atoms with Gasteiger partial charge >= 0.3 is 0 Å². The van der Waals surface area contributed by atoms with Gasteiger partial charge in [-0.15, -0.1) is 0 Å². The third-order valence-electron chi connectivity index (χ3n) is 4.05. The molecule has 0 aliphatic heterocycles. The van der Waals surface area contributed by atoms with Gasteiger partial charge in [0.15, 0.2) is 0 Å². The Morgan fingerprint density at radius 3 is 2.20 bits per heavy atom. The summed E-state index contributed by atoms with van der Waals surface area (Å²) >= 11 is 0. The average Bonchev–Trinajstić information content (AvgIpc) is 2.73. The van der Waals surface area contributed by atoms with Crippen LogP contribution in [-0.4, -0.2) is 25.4 Å². The first kappa shape index (κ1) is 21.3. The van der Waals surface area contributed by atoms with Gasteiger partial charge in [0.05, 0.1) is 15.9 Å². The summed E-state index contributed by atoms with van der Waals surface area (Å²) in [6, 6.07) is 16.0. The number of hydrogen-bond acceptors (Lipinski definition) is 5. The molecule has 1 heterocycles. The number of pyridine rings is 1. The molecule has 0 aliphatic carbocycles. The minimum Gasteiger partial charge on any atom is -0.491 e. The molecule has 0 atom stereocenters. The van der Waals surface area contributed by atoms with Crippen LogP contribution in [-0.2, 0) is 14.6 Å². The Bertz CT molecular complexity index is 1120. The molecule has 1 N–H and O–H groups in total. The smallest absolute Gasteiger partial charge is 0.248 e. The molecule has 30 heavy (non-hydrogen) atoms. The maximum Gasteiger partial charge on any atom is 0.248 e. The molecule has 6 nitrogen and oxygen atoms in total. The highest BCUT2D eigenvalue weighted by molar-refractivity contribution is 7.91. The average molecular weight is 423 g/mol. The van der Waals surface area contributed by atoms with Crippen molar-refractivity contribution in [3.63, 3.8) is 0 Å². The maximum absolute atomic E-state index is 12.8. The Hall–Kier alpha value is -3.45. The molecule has 7 heteroatoms. The van der Waals surface area contributed by atoms with E-state index >= 15 is 0 Å². The summed E-state index contributed by atoms with van der Waals surface area (Å²) in [6.45, 7) is 3.80. The van der Waals surface area contributed by atoms with Crippen LogP contribution < -0.4 is 10.1 Å². The van der Waals surface area contributed by atoms with Crippen LogP contribution in [0.15, 0.2) is 88.9 Å². The Labute approximate surface area is 176 Å². The number of sulfone groups is 1. The molecule has 0 radical (unpaired) electrons. The molecule has 0 fully saturated rings. The van der Waals surface area contributed by atoms with Crippen LogP contribution in [0.2, 0.25) is 0 Å². The van der Waals surface area contributed by atoms with Crippen molar-refractivity contribution < 1.29 is 17.9 Å². The monoisotopic (exact) mass is 422 g/mol. The molecule has 3 rings (SSSR count). The Kier molecular flexibility index (Phi) is 6.64. The zero-order valence-corrected chi connectivity index (χ0v) is 17.5. The first-order chi connectivity index (χ1) is 14.3. The van der Waals surface area contributed by atoms with Crippen LogP contribution in [0, 0.1) is 0 Å². The molecule has 0 bridgehead atoms. The van der Waals surface area contributed by atoms with Gasteiger partial charge in [-0.2, -0.15) is 0 Å². The number of rotatable bonds is 7. The van der Waals surface area contributed by atoms with E-state index in [4.69, 9.17) is 4.74 Å². The first-order valence-corrected chi connectivity index (χ1v) is 10.8. The minimum atomic E-state index is -3.66. The summed E-state index contributed by atoms with van der Waals surface area (Å²) in [4.78, 5) is 16.3. The lowest BCUT2D eigenvalue weighted by Gasteiger charge is -2.11. The van der Waals surface area contributed by atoms with Crippen LogP contribution >= 0.6 is 0 Å². The topological polar surface area (TPSA) is 85.4 Å². The second-order valence-corrected chi connectivity index (χ2v) is 8.72. The van der Waals surface area contributed by atoms with E-state index in [2.05, 4.69) is 10.3 Å². The van der Waals surface area contributed by atoms with E-state index in [1.165, 1.54) is 30.3 Å². The molecule has 3 aromatic rings. The van der Waals surface area contributed by atoms with Gasteiger partial charge in [0.25, 0.3) is 0 Å². The highest BCUT2D eigenvalue weighted by Gasteiger charge is 2.17. The lowest BCUT2D eigenvalue weighted by molar-refractivity contribution is -0.111. The third kappa shape index (κ3) is 5.55. The molecule has 0 spiro atoms. The van der Waals surface area contributed by atoms with Crippen molar-refractivity contribution in [2.24, 2.45) is 0 Å². The first-order valence-electron chi connectivity index (χ1n) is 9.35. The predicted molar refractivity (Wildman–Crippen MR) is 116 cm³/mol. The van der Waals surface area contributed by atoms with Gasteiger partial charge in [-0.1, -0.05) is 6.07 Å². The van der Waals surface area contributed by atoms with Gasteiger partial charge in [0, 0.05) is 24.2 Å². The minimum absolute atomic E-state index is 0.00872. The molecular formula is C23H22N2O4S. The number of carbonyl (C=O) groups is 1. The standard InChI is InChI=1S/C23H22N2O4S/c1-17(2)29-20-8-12-22(13-9-20)30(27,28)21-10-6-19(7-11-21)25-23(26)14-5-18-4-3-15-24-16-18/h3-17H,1-2H3,(H,25,26)/b14-5+. The number of amides is 1. The zero-order valence-electron chi connectivity index (χ0n) is 16.6. The fraction of sp³-hybridized carbons (Fsp3) is 0.130. The molecule has 0 saturated carbocycles. The van der Waals surface area contributed by atoms with Crippen LogP contribution in [0.4, 0.5) is 5.69 Å². The number of ether oxygens (including phenoxy) is 1. The van der Waals surface area contributed by atoms with Crippen LogP contribution in [0.25, 0.3) is 6.08 Å². The zero-order chi connectivity index (χ0) is 21.6. The van der Waals surface area contributed by atoms with E-state index in [-0.39, 0.29) is 21.8 Å². The summed E-state index contributed by atoms with van der Waals surface area (Å²) in [5, 5.41) is 2.70. The highest BCUT2D eigenvalue weighted by atomic mass is 32.2. The summed E-state index contributed by atoms with van der Waals surface area (Å²) in [5.74, 6) is 0.288. The molecule has 1 aromatic heterocycles. The lowest BCUT2D eigenvalue weighted by atomic mass is 10.2. The summed E-state index contributed by atoms with van der Waals surface area (Å²) in [6.07, 6.45) is 6.34. The number of carbonyl (C=O) groups excluding carboxylic acids is 1. The van der Waals surface area contributed by atoms with E-state index in [0.717, 1.165) is 5.56 Å². The van der Waals surface area contributed by atoms with Crippen molar-refractivity contribution in [2.45, 2.75) is 29.7 Å². The molecular weight excluding hydrogens is 400 g/mol. The maximum atomic E-state index is 12.8. The van der Waals surface area contributed by atoms with E-state index in [0.29, 0.717) is 11.4 Å². The summed E-state index contributed by atoms with van der Waals surface area (Å²) in [5.41, 5.74) is 1.30. The van der Waals surface area contributed by atoms with Crippen LogP contribution in [0.3, 0.4) is 0 Å². The van der Waals surface area contributed by atoms with Gasteiger partial charge in [-0.05, 0) is 80.1 Å². The van der Waals surface area contributed by atoms with E-state index in [1.807, 2.05) is 19.9 Å². The van der Waals surface area contributed by atoms with Crippen molar-refractivity contribution in [3.05, 3.63) is 84.7 Å². The predicted octanol–water partition coefficient (Wildman–Crippen LogP) is 4.35. The van der Waals surface area contributed by atoms with Gasteiger partial charge in [0.1, 0.15) is 5.75 Å². The van der Waals surface area contributed by atoms with Crippen molar-refractivity contribution in [3.8, 4) is 5.75 Å². The number of anilines is 1. The number of nitrogens with zero attached hydrogens (tertiary/aromatic N) is 1. The molecule has 0 unspecified atom stereocenters. The summed E-state index contributed by atoms with van der Waals surface area (Å²) in [7, 11) is -3.66. The van der Waals surface area contributed by atoms with E-state index < -0.39 is 9.84 Å². The largest absolute Gasteiger partial charge is 0.491 e. The molecule has 154 valence electrons. The lowest BCUT2D eigenvalue weighted by Crippen LogP contribution is -2.08. The normalized spacial score (nSPS) is 11.6. The Morgan fingerprint density at radius 2 is 1.63 bits per heavy atom. The van der Waals surface area contributed by atoms with Crippen molar-refractivity contribution in [1.82, 2.24) is 4.98 Å². The van der Waals surface area contributed by atoms with E-state index in [1.54, 1.807) is 48.8 Å². The second-order valence-electron chi connectivity index (χ2n) is 6.77. The quantitative estimate of drug-likeness (QED) is 0.572. The Morgan fingerprint density at radius 1 is 1.00 bits per heavy atom. The number of benzene rings is 2. The molecule has 2 aromatic carbocycles. The van der Waals surface area contributed by atoms with E-state index in [9.17, 15) is 13.2 Å². The van der Waals surface area contributed by atoms with Gasteiger partial charge < -0.3 is 10.1 Å².